The molecule has 0 aromatic heterocycles. The van der Waals surface area contributed by atoms with Crippen molar-refractivity contribution in [1.29, 1.82) is 0 Å². The summed E-state index contributed by atoms with van der Waals surface area (Å²) in [7, 11) is 3.46. The molecule has 0 aliphatic heterocycles. The minimum Gasteiger partial charge on any atom is -0.497 e. The van der Waals surface area contributed by atoms with Crippen molar-refractivity contribution < 1.29 is 23.4 Å². The number of rotatable bonds is 10. The van der Waals surface area contributed by atoms with Gasteiger partial charge in [0.2, 0.25) is 0 Å². The maximum absolute atomic E-state index is 13.3. The van der Waals surface area contributed by atoms with E-state index in [2.05, 4.69) is 0 Å². The highest BCUT2D eigenvalue weighted by atomic mass is 19.1. The first-order chi connectivity index (χ1) is 13.0. The van der Waals surface area contributed by atoms with Crippen LogP contribution in [0.1, 0.15) is 25.0 Å². The first kappa shape index (κ1) is 20.7. The molecule has 0 aliphatic rings. The van der Waals surface area contributed by atoms with Gasteiger partial charge in [-0.05, 0) is 55.9 Å². The Hall–Kier alpha value is -2.60. The fourth-order valence-electron chi connectivity index (χ4n) is 2.63. The second kappa shape index (κ2) is 10.5. The topological polar surface area (TPSA) is 48.0 Å². The summed E-state index contributed by atoms with van der Waals surface area (Å²) in [6.07, 6.45) is 0.358. The molecule has 1 atom stereocenters. The molecular formula is C21H26FNO4. The zero-order valence-electron chi connectivity index (χ0n) is 16.0. The van der Waals surface area contributed by atoms with E-state index in [4.69, 9.17) is 14.2 Å². The lowest BCUT2D eigenvalue weighted by molar-refractivity contribution is -0.144. The zero-order chi connectivity index (χ0) is 19.6. The Morgan fingerprint density at radius 1 is 1.07 bits per heavy atom. The van der Waals surface area contributed by atoms with E-state index >= 15 is 0 Å². The predicted octanol–water partition coefficient (Wildman–Crippen LogP) is 3.84. The van der Waals surface area contributed by atoms with E-state index in [1.54, 1.807) is 26.2 Å². The van der Waals surface area contributed by atoms with Crippen LogP contribution in [0.5, 0.6) is 11.5 Å². The fraction of sp³-hybridized carbons (Fsp3) is 0.381. The summed E-state index contributed by atoms with van der Waals surface area (Å²) in [6, 6.07) is 13.6. The second-order valence-electron chi connectivity index (χ2n) is 6.17. The second-order valence-corrected chi connectivity index (χ2v) is 6.17. The molecule has 0 amide bonds. The highest BCUT2D eigenvalue weighted by molar-refractivity contribution is 5.71. The molecule has 6 heteroatoms. The molecule has 0 radical (unpaired) electrons. The normalized spacial score (nSPS) is 11.9. The lowest BCUT2D eigenvalue weighted by Gasteiger charge is -2.23. The van der Waals surface area contributed by atoms with Crippen molar-refractivity contribution in [2.45, 2.75) is 19.4 Å². The Labute approximate surface area is 159 Å². The van der Waals surface area contributed by atoms with Crippen LogP contribution < -0.4 is 9.47 Å². The van der Waals surface area contributed by atoms with Gasteiger partial charge < -0.3 is 14.2 Å². The van der Waals surface area contributed by atoms with Gasteiger partial charge >= 0.3 is 5.97 Å². The van der Waals surface area contributed by atoms with Gasteiger partial charge in [-0.25, -0.2) is 4.39 Å². The van der Waals surface area contributed by atoms with Crippen LogP contribution in [0, 0.1) is 5.82 Å². The summed E-state index contributed by atoms with van der Waals surface area (Å²) in [4.78, 5) is 13.5. The van der Waals surface area contributed by atoms with E-state index in [9.17, 15) is 9.18 Å². The Morgan fingerprint density at radius 3 is 2.30 bits per heavy atom. The Morgan fingerprint density at radius 2 is 1.70 bits per heavy atom. The number of hydrogen-bond donors (Lipinski definition) is 0. The molecule has 0 N–H and O–H groups in total. The van der Waals surface area contributed by atoms with Crippen molar-refractivity contribution in [3.8, 4) is 11.5 Å². The maximum Gasteiger partial charge on any atom is 0.320 e. The van der Waals surface area contributed by atoms with Gasteiger partial charge in [0.15, 0.2) is 0 Å². The summed E-state index contributed by atoms with van der Waals surface area (Å²) in [5.41, 5.74) is 0.872. The molecule has 5 nitrogen and oxygen atoms in total. The van der Waals surface area contributed by atoms with Crippen molar-refractivity contribution in [2.24, 2.45) is 0 Å². The summed E-state index contributed by atoms with van der Waals surface area (Å²) in [5.74, 6) is 0.892. The summed E-state index contributed by atoms with van der Waals surface area (Å²) in [6.45, 7) is 2.99. The first-order valence-corrected chi connectivity index (χ1v) is 8.92. The minimum atomic E-state index is -0.290. The van der Waals surface area contributed by atoms with E-state index < -0.39 is 0 Å². The van der Waals surface area contributed by atoms with E-state index in [1.807, 2.05) is 36.2 Å². The third kappa shape index (κ3) is 6.90. The molecule has 0 saturated carbocycles. The molecule has 0 spiro atoms. The van der Waals surface area contributed by atoms with Crippen molar-refractivity contribution in [3.05, 3.63) is 59.9 Å². The minimum absolute atomic E-state index is 0.215. The summed E-state index contributed by atoms with van der Waals surface area (Å²) in [5, 5.41) is 0. The van der Waals surface area contributed by atoms with Crippen molar-refractivity contribution >= 4 is 5.97 Å². The average Bonchev–Trinajstić information content (AvgIpc) is 2.66. The number of carbonyl (C=O) groups is 1. The molecule has 0 saturated heterocycles. The highest BCUT2D eigenvalue weighted by Gasteiger charge is 2.16. The lowest BCUT2D eigenvalue weighted by Crippen LogP contribution is -2.29. The van der Waals surface area contributed by atoms with Crippen LogP contribution in [0.2, 0.25) is 0 Å². The molecular weight excluding hydrogens is 349 g/mol. The van der Waals surface area contributed by atoms with E-state index in [0.29, 0.717) is 25.3 Å². The number of halogens is 1. The van der Waals surface area contributed by atoms with Crippen LogP contribution >= 0.6 is 0 Å². The summed E-state index contributed by atoms with van der Waals surface area (Å²) >= 11 is 0. The molecule has 1 unspecified atom stereocenters. The van der Waals surface area contributed by atoms with Gasteiger partial charge in [0, 0.05) is 13.0 Å². The van der Waals surface area contributed by atoms with Crippen LogP contribution in [0.3, 0.4) is 0 Å². The van der Waals surface area contributed by atoms with Gasteiger partial charge in [-0.3, -0.25) is 9.69 Å². The quantitative estimate of drug-likeness (QED) is 0.591. The molecule has 146 valence electrons. The predicted molar refractivity (Wildman–Crippen MR) is 102 cm³/mol. The standard InChI is InChI=1S/C21H26FNO4/c1-4-26-21(24)15-23(2)14-13-20(16-5-7-17(22)8-6-16)27-19-11-9-18(25-3)10-12-19/h5-12,20H,4,13-15H2,1-3H3. The van der Waals surface area contributed by atoms with Crippen molar-refractivity contribution in [2.75, 3.05) is 33.9 Å². The number of esters is 1. The number of methoxy groups -OCH3 is 1. The molecule has 2 rings (SSSR count). The third-order valence-electron chi connectivity index (χ3n) is 4.06. The number of benzene rings is 2. The molecule has 0 bridgehead atoms. The van der Waals surface area contributed by atoms with Crippen LogP contribution in [0.25, 0.3) is 0 Å². The molecule has 2 aromatic carbocycles. The number of nitrogens with zero attached hydrogens (tertiary/aromatic N) is 1. The van der Waals surface area contributed by atoms with Crippen LogP contribution in [-0.4, -0.2) is 44.7 Å². The molecule has 27 heavy (non-hydrogen) atoms. The van der Waals surface area contributed by atoms with Gasteiger partial charge in [0.05, 0.1) is 20.3 Å². The molecule has 0 aliphatic carbocycles. The van der Waals surface area contributed by atoms with Crippen LogP contribution in [0.15, 0.2) is 48.5 Å². The first-order valence-electron chi connectivity index (χ1n) is 8.92. The Balaban J connectivity index is 2.05. The molecule has 2 aromatic rings. The van der Waals surface area contributed by atoms with E-state index in [1.165, 1.54) is 12.1 Å². The fourth-order valence-corrected chi connectivity index (χ4v) is 2.63. The van der Waals surface area contributed by atoms with Gasteiger partial charge in [0.25, 0.3) is 0 Å². The van der Waals surface area contributed by atoms with Gasteiger partial charge in [0.1, 0.15) is 23.4 Å². The van der Waals surface area contributed by atoms with E-state index in [-0.39, 0.29) is 24.4 Å². The van der Waals surface area contributed by atoms with Crippen molar-refractivity contribution in [3.63, 3.8) is 0 Å². The monoisotopic (exact) mass is 375 g/mol. The SMILES string of the molecule is CCOC(=O)CN(C)CCC(Oc1ccc(OC)cc1)c1ccc(F)cc1. The van der Waals surface area contributed by atoms with Gasteiger partial charge in [-0.2, -0.15) is 0 Å². The highest BCUT2D eigenvalue weighted by Crippen LogP contribution is 2.27. The molecule has 0 fully saturated rings. The number of ether oxygens (including phenoxy) is 3. The third-order valence-corrected chi connectivity index (χ3v) is 4.06. The lowest BCUT2D eigenvalue weighted by atomic mass is 10.1. The zero-order valence-corrected chi connectivity index (χ0v) is 16.0. The van der Waals surface area contributed by atoms with Gasteiger partial charge in [-0.1, -0.05) is 12.1 Å². The largest absolute Gasteiger partial charge is 0.497 e. The number of likely N-dealkylation sites (N-methyl/N-ethyl adjacent to an activating group) is 1. The Bertz CT molecular complexity index is 703. The Kier molecular flexibility index (Phi) is 8.07. The van der Waals surface area contributed by atoms with Crippen LogP contribution in [-0.2, 0) is 9.53 Å². The maximum atomic E-state index is 13.3. The number of hydrogen-bond acceptors (Lipinski definition) is 5. The number of carbonyl (C=O) groups excluding carboxylic acids is 1. The van der Waals surface area contributed by atoms with Crippen LogP contribution in [0.4, 0.5) is 4.39 Å². The average molecular weight is 375 g/mol. The van der Waals surface area contributed by atoms with Gasteiger partial charge in [-0.15, -0.1) is 0 Å². The van der Waals surface area contributed by atoms with Crippen molar-refractivity contribution in [1.82, 2.24) is 4.90 Å². The smallest absolute Gasteiger partial charge is 0.320 e. The summed E-state index contributed by atoms with van der Waals surface area (Å²) < 4.78 is 29.5. The van der Waals surface area contributed by atoms with E-state index in [0.717, 1.165) is 11.3 Å². The molecule has 0 heterocycles.